The maximum Gasteiger partial charge on any atom is 0.317 e. The number of urea groups is 1. The van der Waals surface area contributed by atoms with E-state index in [0.29, 0.717) is 38.0 Å². The Balaban J connectivity index is 0.00000392. The van der Waals surface area contributed by atoms with Crippen molar-refractivity contribution in [3.8, 4) is 0 Å². The van der Waals surface area contributed by atoms with E-state index >= 15 is 0 Å². The van der Waals surface area contributed by atoms with Crippen LogP contribution in [0.4, 0.5) is 4.79 Å². The van der Waals surface area contributed by atoms with Crippen LogP contribution in [-0.2, 0) is 4.79 Å². The predicted octanol–water partition coefficient (Wildman–Crippen LogP) is 3.30. The van der Waals surface area contributed by atoms with E-state index in [-0.39, 0.29) is 30.3 Å². The molecular formula is C21H41ClN4O2. The molecule has 28 heavy (non-hydrogen) atoms. The Labute approximate surface area is 177 Å². The van der Waals surface area contributed by atoms with Crippen molar-refractivity contribution in [2.45, 2.75) is 77.7 Å². The lowest BCUT2D eigenvalue weighted by Crippen LogP contribution is -2.47. The molecule has 0 bridgehead atoms. The first-order valence-corrected chi connectivity index (χ1v) is 11.1. The zero-order valence-electron chi connectivity index (χ0n) is 17.8. The van der Waals surface area contributed by atoms with Gasteiger partial charge in [-0.25, -0.2) is 4.79 Å². The van der Waals surface area contributed by atoms with Gasteiger partial charge < -0.3 is 20.9 Å². The van der Waals surface area contributed by atoms with Gasteiger partial charge in [0.1, 0.15) is 0 Å². The highest BCUT2D eigenvalue weighted by atomic mass is 35.5. The lowest BCUT2D eigenvalue weighted by Gasteiger charge is -2.32. The molecule has 3 N–H and O–H groups in total. The van der Waals surface area contributed by atoms with Crippen LogP contribution >= 0.6 is 12.4 Å². The number of hydrogen-bond acceptors (Lipinski definition) is 3. The summed E-state index contributed by atoms with van der Waals surface area (Å²) in [6.45, 7) is 7.92. The van der Waals surface area contributed by atoms with Crippen LogP contribution in [-0.4, -0.2) is 55.6 Å². The van der Waals surface area contributed by atoms with Gasteiger partial charge in [0.2, 0.25) is 5.91 Å². The molecule has 0 aromatic rings. The smallest absolute Gasteiger partial charge is 0.317 e. The number of halogens is 1. The van der Waals surface area contributed by atoms with Crippen molar-refractivity contribution in [3.05, 3.63) is 0 Å². The van der Waals surface area contributed by atoms with Gasteiger partial charge in [-0.15, -0.1) is 12.4 Å². The number of nitrogens with zero attached hydrogens (tertiary/aromatic N) is 1. The highest BCUT2D eigenvalue weighted by Crippen LogP contribution is 2.20. The largest absolute Gasteiger partial charge is 0.355 e. The summed E-state index contributed by atoms with van der Waals surface area (Å²) in [5, 5.41) is 9.62. The third-order valence-corrected chi connectivity index (χ3v) is 5.68. The van der Waals surface area contributed by atoms with Crippen LogP contribution in [0.3, 0.4) is 0 Å². The first-order valence-electron chi connectivity index (χ1n) is 11.1. The van der Waals surface area contributed by atoms with Gasteiger partial charge in [0.15, 0.2) is 0 Å². The number of rotatable bonds is 8. The maximum atomic E-state index is 12.3. The summed E-state index contributed by atoms with van der Waals surface area (Å²) in [4.78, 5) is 26.3. The summed E-state index contributed by atoms with van der Waals surface area (Å²) < 4.78 is 0. The van der Waals surface area contributed by atoms with Crippen LogP contribution in [0.5, 0.6) is 0 Å². The second-order valence-corrected chi connectivity index (χ2v) is 8.73. The molecule has 1 atom stereocenters. The summed E-state index contributed by atoms with van der Waals surface area (Å²) in [6, 6.07) is 0.641. The molecule has 164 valence electrons. The standard InChI is InChI=1S/C21H40N4O2.ClH/c1-17(2)15-24-21(27)25-13-7-8-18(16-25)14-20(26)23-12-11-22-19-9-5-3-4-6-10-19;/h17-19,22H,3-16H2,1-2H3,(H,23,26)(H,24,27);1H. The number of amides is 3. The molecule has 0 aromatic carbocycles. The normalized spacial score (nSPS) is 21.0. The summed E-state index contributed by atoms with van der Waals surface area (Å²) in [5.74, 6) is 0.845. The van der Waals surface area contributed by atoms with E-state index in [9.17, 15) is 9.59 Å². The maximum absolute atomic E-state index is 12.3. The lowest BCUT2D eigenvalue weighted by molar-refractivity contribution is -0.122. The molecule has 7 heteroatoms. The van der Waals surface area contributed by atoms with Gasteiger partial charge in [0.25, 0.3) is 0 Å². The Hall–Kier alpha value is -1.01. The predicted molar refractivity (Wildman–Crippen MR) is 117 cm³/mol. The topological polar surface area (TPSA) is 73.5 Å². The monoisotopic (exact) mass is 416 g/mol. The molecule has 1 saturated carbocycles. The summed E-state index contributed by atoms with van der Waals surface area (Å²) >= 11 is 0. The van der Waals surface area contributed by atoms with Crippen molar-refractivity contribution in [2.24, 2.45) is 11.8 Å². The Morgan fingerprint density at radius 1 is 0.964 bits per heavy atom. The minimum Gasteiger partial charge on any atom is -0.355 e. The average Bonchev–Trinajstić information content (AvgIpc) is 2.92. The molecule has 1 heterocycles. The van der Waals surface area contributed by atoms with Crippen molar-refractivity contribution >= 4 is 24.3 Å². The first-order chi connectivity index (χ1) is 13.0. The van der Waals surface area contributed by atoms with E-state index in [1.54, 1.807) is 0 Å². The molecule has 1 unspecified atom stereocenters. The number of likely N-dealkylation sites (tertiary alicyclic amines) is 1. The Kier molecular flexibility index (Phi) is 12.6. The quantitative estimate of drug-likeness (QED) is 0.419. The van der Waals surface area contributed by atoms with E-state index in [4.69, 9.17) is 0 Å². The van der Waals surface area contributed by atoms with E-state index in [1.807, 2.05) is 4.90 Å². The zero-order chi connectivity index (χ0) is 19.5. The highest BCUT2D eigenvalue weighted by Gasteiger charge is 2.25. The second-order valence-electron chi connectivity index (χ2n) is 8.73. The highest BCUT2D eigenvalue weighted by molar-refractivity contribution is 5.85. The van der Waals surface area contributed by atoms with Crippen molar-refractivity contribution in [1.29, 1.82) is 0 Å². The third kappa shape index (κ3) is 9.97. The van der Waals surface area contributed by atoms with Crippen LogP contribution < -0.4 is 16.0 Å². The van der Waals surface area contributed by atoms with Gasteiger partial charge >= 0.3 is 6.03 Å². The number of hydrogen-bond donors (Lipinski definition) is 3. The molecule has 2 fully saturated rings. The molecule has 1 aliphatic heterocycles. The first kappa shape index (κ1) is 25.0. The summed E-state index contributed by atoms with van der Waals surface area (Å²) in [6.07, 6.45) is 10.5. The molecule has 1 saturated heterocycles. The Morgan fingerprint density at radius 3 is 2.36 bits per heavy atom. The van der Waals surface area contributed by atoms with E-state index in [0.717, 1.165) is 25.9 Å². The fourth-order valence-electron chi connectivity index (χ4n) is 4.12. The van der Waals surface area contributed by atoms with Crippen molar-refractivity contribution in [1.82, 2.24) is 20.9 Å². The number of carbonyl (C=O) groups is 2. The van der Waals surface area contributed by atoms with Gasteiger partial charge in [-0.05, 0) is 37.5 Å². The van der Waals surface area contributed by atoms with Gasteiger partial charge in [-0.2, -0.15) is 0 Å². The molecular weight excluding hydrogens is 376 g/mol. The van der Waals surface area contributed by atoms with Crippen molar-refractivity contribution in [3.63, 3.8) is 0 Å². The summed E-state index contributed by atoms with van der Waals surface area (Å²) in [5.41, 5.74) is 0. The molecule has 3 amide bonds. The zero-order valence-corrected chi connectivity index (χ0v) is 18.6. The van der Waals surface area contributed by atoms with Gasteiger partial charge in [-0.3, -0.25) is 4.79 Å². The number of piperidine rings is 1. The van der Waals surface area contributed by atoms with E-state index in [1.165, 1.54) is 38.5 Å². The van der Waals surface area contributed by atoms with E-state index in [2.05, 4.69) is 29.8 Å². The molecule has 0 radical (unpaired) electrons. The lowest BCUT2D eigenvalue weighted by atomic mass is 9.94. The van der Waals surface area contributed by atoms with Crippen LogP contribution in [0.1, 0.15) is 71.6 Å². The van der Waals surface area contributed by atoms with Crippen LogP contribution in [0.25, 0.3) is 0 Å². The van der Waals surface area contributed by atoms with Gasteiger partial charge in [-0.1, -0.05) is 39.5 Å². The van der Waals surface area contributed by atoms with Gasteiger partial charge in [0, 0.05) is 45.2 Å². The fourth-order valence-corrected chi connectivity index (χ4v) is 4.12. The van der Waals surface area contributed by atoms with Crippen LogP contribution in [0.15, 0.2) is 0 Å². The second kappa shape index (κ2) is 14.0. The average molecular weight is 417 g/mol. The summed E-state index contributed by atoms with van der Waals surface area (Å²) in [7, 11) is 0. The van der Waals surface area contributed by atoms with Gasteiger partial charge in [0.05, 0.1) is 0 Å². The van der Waals surface area contributed by atoms with Crippen molar-refractivity contribution < 1.29 is 9.59 Å². The molecule has 0 aromatic heterocycles. The Bertz CT molecular complexity index is 454. The minimum atomic E-state index is 0. The molecule has 6 nitrogen and oxygen atoms in total. The van der Waals surface area contributed by atoms with Crippen molar-refractivity contribution in [2.75, 3.05) is 32.7 Å². The fraction of sp³-hybridized carbons (Fsp3) is 0.905. The van der Waals surface area contributed by atoms with Crippen LogP contribution in [0, 0.1) is 11.8 Å². The number of nitrogens with one attached hydrogen (secondary N) is 3. The minimum absolute atomic E-state index is 0. The molecule has 2 rings (SSSR count). The SMILES string of the molecule is CC(C)CNC(=O)N1CCCC(CC(=O)NCCNC2CCCCCC2)C1.Cl. The molecule has 1 aliphatic carbocycles. The van der Waals surface area contributed by atoms with E-state index < -0.39 is 0 Å². The number of carbonyl (C=O) groups excluding carboxylic acids is 2. The molecule has 2 aliphatic rings. The molecule has 0 spiro atoms. The van der Waals surface area contributed by atoms with Crippen LogP contribution in [0.2, 0.25) is 0 Å². The Morgan fingerprint density at radius 2 is 1.68 bits per heavy atom. The third-order valence-electron chi connectivity index (χ3n) is 5.68.